The van der Waals surface area contributed by atoms with Gasteiger partial charge in [0.05, 0.1) is 0 Å². The van der Waals surface area contributed by atoms with E-state index in [0.29, 0.717) is 19.5 Å². The van der Waals surface area contributed by atoms with Crippen LogP contribution in [-0.2, 0) is 9.59 Å². The molecule has 1 atom stereocenters. The van der Waals surface area contributed by atoms with Gasteiger partial charge in [-0.1, -0.05) is 60.7 Å². The summed E-state index contributed by atoms with van der Waals surface area (Å²) in [4.78, 5) is 27.4. The van der Waals surface area contributed by atoms with Crippen LogP contribution in [0.3, 0.4) is 0 Å². The van der Waals surface area contributed by atoms with Crippen molar-refractivity contribution in [1.29, 1.82) is 0 Å². The average molecular weight is 463 g/mol. The zero-order valence-corrected chi connectivity index (χ0v) is 20.0. The highest BCUT2D eigenvalue weighted by molar-refractivity contribution is 5.91. The van der Waals surface area contributed by atoms with Crippen LogP contribution in [0, 0.1) is 0 Å². The highest BCUT2D eigenvalue weighted by atomic mass is 16.2. The topological polar surface area (TPSA) is 73.5 Å². The first-order valence-corrected chi connectivity index (χ1v) is 12.5. The van der Waals surface area contributed by atoms with E-state index >= 15 is 0 Å². The molecule has 0 aliphatic carbocycles. The Balaban J connectivity index is 1.57. The van der Waals surface area contributed by atoms with Crippen LogP contribution in [0.5, 0.6) is 0 Å². The number of amides is 2. The lowest BCUT2D eigenvalue weighted by molar-refractivity contribution is -0.126. The minimum atomic E-state index is -0.00177. The maximum absolute atomic E-state index is 12.8. The third kappa shape index (κ3) is 9.49. The number of rotatable bonds is 3. The highest BCUT2D eigenvalue weighted by Crippen LogP contribution is 2.16. The van der Waals surface area contributed by atoms with E-state index in [1.807, 2.05) is 59.5 Å². The molecular formula is C28H38N4O2. The molecule has 1 fully saturated rings. The molecule has 6 nitrogen and oxygen atoms in total. The van der Waals surface area contributed by atoms with E-state index in [-0.39, 0.29) is 17.9 Å². The molecule has 0 radical (unpaired) electrons. The predicted octanol–water partition coefficient (Wildman–Crippen LogP) is 3.53. The van der Waals surface area contributed by atoms with Crippen LogP contribution in [0.2, 0.25) is 0 Å². The molecule has 0 saturated carbocycles. The zero-order valence-electron chi connectivity index (χ0n) is 20.0. The van der Waals surface area contributed by atoms with Gasteiger partial charge in [0.25, 0.3) is 0 Å². The summed E-state index contributed by atoms with van der Waals surface area (Å²) in [5.41, 5.74) is 2.14. The van der Waals surface area contributed by atoms with Crippen molar-refractivity contribution >= 4 is 17.9 Å². The summed E-state index contributed by atoms with van der Waals surface area (Å²) in [5, 5.41) is 10.1. The molecule has 34 heavy (non-hydrogen) atoms. The van der Waals surface area contributed by atoms with E-state index in [1.165, 1.54) is 0 Å². The van der Waals surface area contributed by atoms with Crippen molar-refractivity contribution < 1.29 is 9.59 Å². The summed E-state index contributed by atoms with van der Waals surface area (Å²) in [6.45, 7) is 4.66. The third-order valence-corrected chi connectivity index (χ3v) is 6.00. The van der Waals surface area contributed by atoms with Gasteiger partial charge in [0.15, 0.2) is 0 Å². The fraction of sp³-hybridized carbons (Fsp3) is 0.429. The number of nitrogens with zero attached hydrogens (tertiary/aromatic N) is 1. The van der Waals surface area contributed by atoms with Crippen molar-refractivity contribution in [2.24, 2.45) is 0 Å². The van der Waals surface area contributed by atoms with Gasteiger partial charge in [-0.3, -0.25) is 9.59 Å². The van der Waals surface area contributed by atoms with Gasteiger partial charge in [0.1, 0.15) is 0 Å². The third-order valence-electron chi connectivity index (χ3n) is 6.00. The van der Waals surface area contributed by atoms with Crippen molar-refractivity contribution in [2.45, 2.75) is 38.1 Å². The zero-order chi connectivity index (χ0) is 23.8. The van der Waals surface area contributed by atoms with Gasteiger partial charge in [-0.05, 0) is 62.5 Å². The van der Waals surface area contributed by atoms with Gasteiger partial charge in [-0.25, -0.2) is 0 Å². The Morgan fingerprint density at radius 3 is 2.32 bits per heavy atom. The summed E-state index contributed by atoms with van der Waals surface area (Å²) in [5.74, 6) is 0.0556. The van der Waals surface area contributed by atoms with Gasteiger partial charge >= 0.3 is 0 Å². The Kier molecular flexibility index (Phi) is 11.4. The smallest absolute Gasteiger partial charge is 0.246 e. The molecule has 6 heteroatoms. The number of nitrogens with one attached hydrogen (secondary N) is 3. The maximum Gasteiger partial charge on any atom is 0.246 e. The molecule has 0 aromatic heterocycles. The first kappa shape index (κ1) is 25.7. The number of benzene rings is 2. The molecule has 3 N–H and O–H groups in total. The molecule has 3 rings (SSSR count). The quantitative estimate of drug-likeness (QED) is 0.610. The number of carbonyl (C=O) groups excluding carboxylic acids is 2. The van der Waals surface area contributed by atoms with Gasteiger partial charge in [0, 0.05) is 38.2 Å². The number of hydrogen-bond donors (Lipinski definition) is 3. The van der Waals surface area contributed by atoms with E-state index in [1.54, 1.807) is 6.08 Å². The molecular weight excluding hydrogens is 424 g/mol. The van der Waals surface area contributed by atoms with Crippen LogP contribution in [0.15, 0.2) is 66.7 Å². The van der Waals surface area contributed by atoms with Crippen LogP contribution in [0.4, 0.5) is 0 Å². The van der Waals surface area contributed by atoms with Crippen LogP contribution < -0.4 is 16.0 Å². The summed E-state index contributed by atoms with van der Waals surface area (Å²) >= 11 is 0. The van der Waals surface area contributed by atoms with E-state index in [4.69, 9.17) is 0 Å². The van der Waals surface area contributed by atoms with Crippen LogP contribution in [0.1, 0.15) is 49.3 Å². The van der Waals surface area contributed by atoms with Gasteiger partial charge in [0.2, 0.25) is 11.8 Å². The van der Waals surface area contributed by atoms with Gasteiger partial charge in [-0.2, -0.15) is 0 Å². The predicted molar refractivity (Wildman–Crippen MR) is 138 cm³/mol. The largest absolute Gasteiger partial charge is 0.356 e. The van der Waals surface area contributed by atoms with Crippen molar-refractivity contribution in [2.75, 3.05) is 39.3 Å². The molecule has 1 aliphatic rings. The van der Waals surface area contributed by atoms with Gasteiger partial charge in [-0.15, -0.1) is 0 Å². The number of hydrogen-bond acceptors (Lipinski definition) is 4. The first-order chi connectivity index (χ1) is 16.7. The van der Waals surface area contributed by atoms with E-state index in [2.05, 4.69) is 28.1 Å². The monoisotopic (exact) mass is 462 g/mol. The molecule has 1 aliphatic heterocycles. The molecule has 0 unspecified atom stereocenters. The van der Waals surface area contributed by atoms with Crippen molar-refractivity contribution in [3.63, 3.8) is 0 Å². The van der Waals surface area contributed by atoms with Crippen LogP contribution in [0.25, 0.3) is 6.08 Å². The summed E-state index contributed by atoms with van der Waals surface area (Å²) in [6, 6.07) is 20.0. The lowest BCUT2D eigenvalue weighted by Crippen LogP contribution is -2.35. The molecule has 0 spiro atoms. The van der Waals surface area contributed by atoms with Crippen LogP contribution >= 0.6 is 0 Å². The van der Waals surface area contributed by atoms with Crippen molar-refractivity contribution in [3.05, 3.63) is 77.9 Å². The second-order valence-corrected chi connectivity index (χ2v) is 8.70. The van der Waals surface area contributed by atoms with E-state index < -0.39 is 0 Å². The minimum Gasteiger partial charge on any atom is -0.356 e. The Morgan fingerprint density at radius 2 is 1.53 bits per heavy atom. The van der Waals surface area contributed by atoms with Crippen molar-refractivity contribution in [3.8, 4) is 0 Å². The number of carbonyl (C=O) groups is 2. The highest BCUT2D eigenvalue weighted by Gasteiger charge is 2.16. The molecule has 1 saturated heterocycles. The SMILES string of the molecule is O=C1C[C@@H](c2ccccc2)NCCCNCCCCN(C(=O)/C=C\c2ccccc2)CCCN1. The Morgan fingerprint density at radius 1 is 0.824 bits per heavy atom. The minimum absolute atomic E-state index is 0.00177. The average Bonchev–Trinajstić information content (AvgIpc) is 2.87. The second kappa shape index (κ2) is 15.0. The lowest BCUT2D eigenvalue weighted by atomic mass is 10.0. The normalized spacial score (nSPS) is 19.9. The molecule has 2 aromatic carbocycles. The van der Waals surface area contributed by atoms with Crippen LogP contribution in [-0.4, -0.2) is 56.0 Å². The summed E-state index contributed by atoms with van der Waals surface area (Å²) in [6.07, 6.45) is 7.65. The molecule has 182 valence electrons. The van der Waals surface area contributed by atoms with Gasteiger partial charge < -0.3 is 20.9 Å². The lowest BCUT2D eigenvalue weighted by Gasteiger charge is -2.22. The van der Waals surface area contributed by atoms with Crippen molar-refractivity contribution in [1.82, 2.24) is 20.9 Å². The Bertz CT molecular complexity index is 886. The second-order valence-electron chi connectivity index (χ2n) is 8.70. The molecule has 0 bridgehead atoms. The molecule has 2 amide bonds. The standard InChI is InChI=1S/C28H38N4O2/c33-27-23-26(25-13-5-2-6-14-25)30-19-9-18-29-17-7-8-21-32(22-10-20-31-27)28(34)16-15-24-11-3-1-4-12-24/h1-6,11-16,26,29-30H,7-10,17-23H2,(H,31,33)/b16-15-/t26-/m0/s1. The molecule has 2 aromatic rings. The molecule has 1 heterocycles. The first-order valence-electron chi connectivity index (χ1n) is 12.5. The van der Waals surface area contributed by atoms with E-state index in [0.717, 1.165) is 63.0 Å². The summed E-state index contributed by atoms with van der Waals surface area (Å²) in [7, 11) is 0. The maximum atomic E-state index is 12.8. The fourth-order valence-corrected chi connectivity index (χ4v) is 4.09. The fourth-order valence-electron chi connectivity index (χ4n) is 4.09. The summed E-state index contributed by atoms with van der Waals surface area (Å²) < 4.78 is 0. The Labute approximate surface area is 203 Å². The Hall–Kier alpha value is -2.96. The van der Waals surface area contributed by atoms with E-state index in [9.17, 15) is 9.59 Å².